The molecule has 1 aromatic rings. The first kappa shape index (κ1) is 12.0. The van der Waals surface area contributed by atoms with Gasteiger partial charge >= 0.3 is 0 Å². The zero-order chi connectivity index (χ0) is 10.9. The van der Waals surface area contributed by atoms with Crippen LogP contribution in [0.15, 0.2) is 24.3 Å². The van der Waals surface area contributed by atoms with Gasteiger partial charge in [-0.2, -0.15) is 0 Å². The Bertz CT molecular complexity index is 259. The summed E-state index contributed by atoms with van der Waals surface area (Å²) >= 11 is 0. The third kappa shape index (κ3) is 4.81. The van der Waals surface area contributed by atoms with Gasteiger partial charge in [0.25, 0.3) is 0 Å². The molecule has 84 valence electrons. The zero-order valence-electron chi connectivity index (χ0n) is 9.45. The summed E-state index contributed by atoms with van der Waals surface area (Å²) in [5.74, 6) is 0. The Hall–Kier alpha value is -1.06. The molecule has 0 saturated carbocycles. The van der Waals surface area contributed by atoms with Crippen LogP contribution in [0.5, 0.6) is 0 Å². The Morgan fingerprint density at radius 2 is 1.80 bits per heavy atom. The first-order valence-electron chi connectivity index (χ1n) is 5.44. The van der Waals surface area contributed by atoms with Crippen molar-refractivity contribution in [3.8, 4) is 0 Å². The third-order valence-corrected chi connectivity index (χ3v) is 2.01. The molecule has 0 fully saturated rings. The smallest absolute Gasteiger partial charge is 0.0862 e. The number of benzene rings is 1. The number of nitrogens with one attached hydrogen (secondary N) is 1. The highest BCUT2D eigenvalue weighted by Crippen LogP contribution is 2.09. The summed E-state index contributed by atoms with van der Waals surface area (Å²) in [6, 6.07) is 8.37. The summed E-state index contributed by atoms with van der Waals surface area (Å²) in [6.45, 7) is 6.15. The molecule has 1 N–H and O–H groups in total. The Morgan fingerprint density at radius 3 is 2.40 bits per heavy atom. The lowest BCUT2D eigenvalue weighted by Crippen LogP contribution is -2.00. The summed E-state index contributed by atoms with van der Waals surface area (Å²) in [7, 11) is 0. The van der Waals surface area contributed by atoms with Crippen LogP contribution in [0.4, 0.5) is 5.69 Å². The summed E-state index contributed by atoms with van der Waals surface area (Å²) in [5.41, 5.74) is 2.42. The van der Waals surface area contributed by atoms with Gasteiger partial charge in [-0.15, -0.1) is 0 Å². The maximum atomic E-state index is 4.95. The van der Waals surface area contributed by atoms with Crippen molar-refractivity contribution in [2.24, 2.45) is 0 Å². The van der Waals surface area contributed by atoms with Gasteiger partial charge in [-0.3, -0.25) is 0 Å². The quantitative estimate of drug-likeness (QED) is 0.425. The van der Waals surface area contributed by atoms with Crippen LogP contribution in [-0.2, 0) is 16.2 Å². The molecule has 0 unspecified atom stereocenters. The third-order valence-electron chi connectivity index (χ3n) is 2.01. The van der Waals surface area contributed by atoms with Crippen molar-refractivity contribution in [2.75, 3.05) is 25.1 Å². The molecule has 0 atom stereocenters. The lowest BCUT2D eigenvalue weighted by molar-refractivity contribution is -0.290. The van der Waals surface area contributed by atoms with Crippen molar-refractivity contribution < 1.29 is 9.78 Å². The van der Waals surface area contributed by atoms with Crippen LogP contribution in [0.3, 0.4) is 0 Å². The lowest BCUT2D eigenvalue weighted by Gasteiger charge is -2.05. The Kier molecular flexibility index (Phi) is 5.81. The van der Waals surface area contributed by atoms with E-state index in [9.17, 15) is 0 Å². The van der Waals surface area contributed by atoms with E-state index in [2.05, 4.69) is 36.5 Å². The van der Waals surface area contributed by atoms with Crippen molar-refractivity contribution in [1.82, 2.24) is 0 Å². The Labute approximate surface area is 91.3 Å². The molecule has 0 saturated heterocycles. The molecule has 15 heavy (non-hydrogen) atoms. The van der Waals surface area contributed by atoms with E-state index in [1.807, 2.05) is 6.92 Å². The van der Waals surface area contributed by atoms with Crippen molar-refractivity contribution in [1.29, 1.82) is 0 Å². The fourth-order valence-electron chi connectivity index (χ4n) is 1.30. The van der Waals surface area contributed by atoms with Crippen molar-refractivity contribution in [3.05, 3.63) is 29.8 Å². The molecule has 0 bridgehead atoms. The van der Waals surface area contributed by atoms with Crippen molar-refractivity contribution >= 4 is 5.69 Å². The molecular weight excluding hydrogens is 190 g/mol. The largest absolute Gasteiger partial charge is 0.385 e. The van der Waals surface area contributed by atoms with E-state index in [0.717, 1.165) is 18.7 Å². The van der Waals surface area contributed by atoms with Crippen LogP contribution < -0.4 is 5.32 Å². The maximum absolute atomic E-state index is 4.95. The normalized spacial score (nSPS) is 10.3. The lowest BCUT2D eigenvalue weighted by atomic mass is 10.1. The van der Waals surface area contributed by atoms with Gasteiger partial charge in [0.1, 0.15) is 0 Å². The highest BCUT2D eigenvalue weighted by atomic mass is 17.2. The minimum Gasteiger partial charge on any atom is -0.385 e. The zero-order valence-corrected chi connectivity index (χ0v) is 9.45. The van der Waals surface area contributed by atoms with Gasteiger partial charge < -0.3 is 5.32 Å². The molecule has 0 amide bonds. The van der Waals surface area contributed by atoms with Gasteiger partial charge in [-0.05, 0) is 38.0 Å². The van der Waals surface area contributed by atoms with E-state index in [1.54, 1.807) is 0 Å². The van der Waals surface area contributed by atoms with E-state index in [-0.39, 0.29) is 0 Å². The monoisotopic (exact) mass is 209 g/mol. The van der Waals surface area contributed by atoms with Crippen LogP contribution in [0.2, 0.25) is 0 Å². The van der Waals surface area contributed by atoms with Crippen LogP contribution in [0.1, 0.15) is 19.4 Å². The molecule has 0 spiro atoms. The molecule has 0 aromatic heterocycles. The SMILES string of the molecule is CCNc1ccc(CCOOCC)cc1. The molecule has 3 heteroatoms. The number of hydrogen-bond acceptors (Lipinski definition) is 3. The molecule has 3 nitrogen and oxygen atoms in total. The van der Waals surface area contributed by atoms with Gasteiger partial charge in [-0.1, -0.05) is 12.1 Å². The Morgan fingerprint density at radius 1 is 1.07 bits per heavy atom. The van der Waals surface area contributed by atoms with E-state index in [0.29, 0.717) is 13.2 Å². The maximum Gasteiger partial charge on any atom is 0.0862 e. The highest BCUT2D eigenvalue weighted by molar-refractivity contribution is 5.44. The molecule has 1 aromatic carbocycles. The second-order valence-corrected chi connectivity index (χ2v) is 3.21. The standard InChI is InChI=1S/C12H19NO2/c1-3-13-12-7-5-11(6-8-12)9-10-15-14-4-2/h5-8,13H,3-4,9-10H2,1-2H3. The molecule has 0 aliphatic carbocycles. The molecule has 0 aliphatic rings. The van der Waals surface area contributed by atoms with Crippen molar-refractivity contribution in [3.63, 3.8) is 0 Å². The number of rotatable bonds is 7. The fraction of sp³-hybridized carbons (Fsp3) is 0.500. The molecule has 0 heterocycles. The number of hydrogen-bond donors (Lipinski definition) is 1. The highest BCUT2D eigenvalue weighted by Gasteiger charge is 1.94. The van der Waals surface area contributed by atoms with Gasteiger partial charge in [0, 0.05) is 12.2 Å². The van der Waals surface area contributed by atoms with Crippen LogP contribution in [0.25, 0.3) is 0 Å². The Balaban J connectivity index is 2.29. The fourth-order valence-corrected chi connectivity index (χ4v) is 1.30. The summed E-state index contributed by atoms with van der Waals surface area (Å²) < 4.78 is 0. The summed E-state index contributed by atoms with van der Waals surface area (Å²) in [4.78, 5) is 9.75. The second-order valence-electron chi connectivity index (χ2n) is 3.21. The first-order chi connectivity index (χ1) is 7.36. The molecule has 0 aliphatic heterocycles. The summed E-state index contributed by atoms with van der Waals surface area (Å²) in [5, 5.41) is 3.26. The van der Waals surface area contributed by atoms with E-state index in [4.69, 9.17) is 9.78 Å². The number of anilines is 1. The van der Waals surface area contributed by atoms with Crippen molar-refractivity contribution in [2.45, 2.75) is 20.3 Å². The molecule has 1 rings (SSSR count). The van der Waals surface area contributed by atoms with Gasteiger partial charge in [-0.25, -0.2) is 9.78 Å². The molecule has 0 radical (unpaired) electrons. The van der Waals surface area contributed by atoms with E-state index in [1.165, 1.54) is 5.56 Å². The van der Waals surface area contributed by atoms with Gasteiger partial charge in [0.15, 0.2) is 0 Å². The molecular formula is C12H19NO2. The first-order valence-corrected chi connectivity index (χ1v) is 5.44. The average Bonchev–Trinajstić information content (AvgIpc) is 2.27. The van der Waals surface area contributed by atoms with Gasteiger partial charge in [0.2, 0.25) is 0 Å². The van der Waals surface area contributed by atoms with E-state index >= 15 is 0 Å². The minimum atomic E-state index is 0.597. The predicted molar refractivity (Wildman–Crippen MR) is 61.9 cm³/mol. The van der Waals surface area contributed by atoms with E-state index < -0.39 is 0 Å². The minimum absolute atomic E-state index is 0.597. The average molecular weight is 209 g/mol. The summed E-state index contributed by atoms with van der Waals surface area (Å²) in [6.07, 6.45) is 0.881. The topological polar surface area (TPSA) is 30.5 Å². The predicted octanol–water partition coefficient (Wildman–Crippen LogP) is 2.63. The van der Waals surface area contributed by atoms with Crippen LogP contribution in [0, 0.1) is 0 Å². The van der Waals surface area contributed by atoms with Gasteiger partial charge in [0.05, 0.1) is 13.2 Å². The van der Waals surface area contributed by atoms with Crippen LogP contribution in [-0.4, -0.2) is 19.8 Å². The van der Waals surface area contributed by atoms with Crippen LogP contribution >= 0.6 is 0 Å². The second kappa shape index (κ2) is 7.26.